The molecule has 2 aromatic carbocycles. The second-order valence-electron chi connectivity index (χ2n) is 4.77. The average Bonchev–Trinajstić information content (AvgIpc) is 2.84. The molecule has 0 unspecified atom stereocenters. The van der Waals surface area contributed by atoms with Crippen LogP contribution < -0.4 is 10.1 Å². The zero-order chi connectivity index (χ0) is 15.7. The number of carbonyl (C=O) groups excluding carboxylic acids is 1. The Kier molecular flexibility index (Phi) is 3.34. The third kappa shape index (κ3) is 2.42. The van der Waals surface area contributed by atoms with Crippen molar-refractivity contribution in [3.63, 3.8) is 0 Å². The largest absolute Gasteiger partial charge is 0.497 e. The van der Waals surface area contributed by atoms with E-state index in [9.17, 15) is 14.9 Å². The number of ether oxygens (including phenoxy) is 1. The number of hydrogen-bond acceptors (Lipinski definition) is 5. The molecule has 6 nitrogen and oxygen atoms in total. The van der Waals surface area contributed by atoms with Crippen LogP contribution in [0.3, 0.4) is 0 Å². The van der Waals surface area contributed by atoms with Gasteiger partial charge in [-0.3, -0.25) is 14.9 Å². The van der Waals surface area contributed by atoms with Gasteiger partial charge in [0.05, 0.1) is 29.0 Å². The first kappa shape index (κ1) is 13.8. The highest BCUT2D eigenvalue weighted by atomic mass is 16.6. The van der Waals surface area contributed by atoms with E-state index in [4.69, 9.17) is 4.74 Å². The molecule has 0 saturated carbocycles. The second kappa shape index (κ2) is 5.33. The lowest BCUT2D eigenvalue weighted by Crippen LogP contribution is -1.99. The number of ketones is 1. The summed E-state index contributed by atoms with van der Waals surface area (Å²) in [7, 11) is 1.58. The van der Waals surface area contributed by atoms with Gasteiger partial charge in [-0.1, -0.05) is 12.1 Å². The fourth-order valence-corrected chi connectivity index (χ4v) is 2.26. The van der Waals surface area contributed by atoms with Crippen LogP contribution in [-0.2, 0) is 0 Å². The summed E-state index contributed by atoms with van der Waals surface area (Å²) in [6, 6.07) is 11.4. The van der Waals surface area contributed by atoms with Crippen LogP contribution in [-0.4, -0.2) is 17.8 Å². The number of nitrogens with zero attached hydrogens (tertiary/aromatic N) is 1. The van der Waals surface area contributed by atoms with Crippen LogP contribution in [0.25, 0.3) is 6.08 Å². The molecular weight excluding hydrogens is 284 g/mol. The van der Waals surface area contributed by atoms with Crippen LogP contribution in [0.4, 0.5) is 11.4 Å². The minimum absolute atomic E-state index is 0.0976. The van der Waals surface area contributed by atoms with Crippen molar-refractivity contribution in [1.82, 2.24) is 0 Å². The molecule has 6 heteroatoms. The van der Waals surface area contributed by atoms with Crippen molar-refractivity contribution in [3.05, 3.63) is 69.4 Å². The summed E-state index contributed by atoms with van der Waals surface area (Å²) in [6.45, 7) is 0. The molecule has 0 saturated heterocycles. The first-order chi connectivity index (χ1) is 10.6. The number of benzene rings is 2. The van der Waals surface area contributed by atoms with E-state index in [1.54, 1.807) is 31.4 Å². The normalized spacial score (nSPS) is 14.6. The number of allylic oxidation sites excluding steroid dienone is 1. The Morgan fingerprint density at radius 2 is 1.91 bits per heavy atom. The maximum atomic E-state index is 12.3. The highest BCUT2D eigenvalue weighted by Gasteiger charge is 2.26. The molecule has 0 fully saturated rings. The molecule has 0 aromatic heterocycles. The van der Waals surface area contributed by atoms with Crippen molar-refractivity contribution in [3.8, 4) is 5.75 Å². The Bertz CT molecular complexity index is 794. The maximum absolute atomic E-state index is 12.3. The standard InChI is InChI=1S/C16H12N2O4/c1-22-12-5-2-10(3-6-12)8-15-16(19)13-9-11(18(20)21)4-7-14(13)17-15/h2-9,17H,1H3/b15-8-. The number of rotatable bonds is 3. The van der Waals surface area contributed by atoms with E-state index in [1.165, 1.54) is 12.1 Å². The van der Waals surface area contributed by atoms with Crippen molar-refractivity contribution in [1.29, 1.82) is 0 Å². The molecule has 2 aromatic rings. The van der Waals surface area contributed by atoms with Crippen LogP contribution in [0, 0.1) is 10.1 Å². The molecular formula is C16H12N2O4. The number of non-ortho nitro benzene ring substituents is 1. The number of methoxy groups -OCH3 is 1. The molecule has 0 aliphatic carbocycles. The lowest BCUT2D eigenvalue weighted by atomic mass is 10.1. The number of nitro groups is 1. The smallest absolute Gasteiger partial charge is 0.270 e. The summed E-state index contributed by atoms with van der Waals surface area (Å²) in [4.78, 5) is 22.6. The number of anilines is 1. The van der Waals surface area contributed by atoms with E-state index in [0.29, 0.717) is 16.9 Å². The first-order valence-electron chi connectivity index (χ1n) is 6.54. The molecule has 1 heterocycles. The molecule has 3 rings (SSSR count). The van der Waals surface area contributed by atoms with E-state index in [2.05, 4.69) is 5.32 Å². The predicted octanol–water partition coefficient (Wildman–Crippen LogP) is 3.25. The monoisotopic (exact) mass is 296 g/mol. The van der Waals surface area contributed by atoms with Crippen molar-refractivity contribution in [2.45, 2.75) is 0 Å². The van der Waals surface area contributed by atoms with Gasteiger partial charge >= 0.3 is 0 Å². The molecule has 0 amide bonds. The van der Waals surface area contributed by atoms with Crippen LogP contribution in [0.15, 0.2) is 48.2 Å². The van der Waals surface area contributed by atoms with Crippen molar-refractivity contribution in [2.75, 3.05) is 12.4 Å². The summed E-state index contributed by atoms with van der Waals surface area (Å²) < 4.78 is 5.08. The molecule has 0 atom stereocenters. The van der Waals surface area contributed by atoms with Gasteiger partial charge in [0.25, 0.3) is 5.69 Å². The highest BCUT2D eigenvalue weighted by Crippen LogP contribution is 2.32. The Morgan fingerprint density at radius 3 is 2.55 bits per heavy atom. The van der Waals surface area contributed by atoms with Gasteiger partial charge in [0.15, 0.2) is 0 Å². The van der Waals surface area contributed by atoms with E-state index < -0.39 is 4.92 Å². The number of Topliss-reactive ketones (excluding diaryl/α,β-unsaturated/α-hetero) is 1. The third-order valence-corrected chi connectivity index (χ3v) is 3.40. The summed E-state index contributed by atoms with van der Waals surface area (Å²) in [5.74, 6) is 0.473. The van der Waals surface area contributed by atoms with Crippen molar-refractivity contribution < 1.29 is 14.5 Å². The van der Waals surface area contributed by atoms with Gasteiger partial charge in [0.2, 0.25) is 5.78 Å². The molecule has 0 bridgehead atoms. The topological polar surface area (TPSA) is 81.5 Å². The first-order valence-corrected chi connectivity index (χ1v) is 6.54. The minimum Gasteiger partial charge on any atom is -0.497 e. The second-order valence-corrected chi connectivity index (χ2v) is 4.77. The lowest BCUT2D eigenvalue weighted by Gasteiger charge is -2.01. The van der Waals surface area contributed by atoms with Gasteiger partial charge in [-0.2, -0.15) is 0 Å². The number of nitrogens with one attached hydrogen (secondary N) is 1. The van der Waals surface area contributed by atoms with Crippen LogP contribution in [0.1, 0.15) is 15.9 Å². The van der Waals surface area contributed by atoms with Gasteiger partial charge in [0.1, 0.15) is 5.75 Å². The van der Waals surface area contributed by atoms with Crippen LogP contribution in [0.2, 0.25) is 0 Å². The molecule has 0 spiro atoms. The van der Waals surface area contributed by atoms with Gasteiger partial charge in [-0.05, 0) is 29.8 Å². The molecule has 1 N–H and O–H groups in total. The summed E-state index contributed by atoms with van der Waals surface area (Å²) in [5, 5.41) is 13.8. The zero-order valence-electron chi connectivity index (χ0n) is 11.7. The Hall–Kier alpha value is -3.15. The summed E-state index contributed by atoms with van der Waals surface area (Å²) in [6.07, 6.45) is 1.70. The van der Waals surface area contributed by atoms with Gasteiger partial charge in [-0.25, -0.2) is 0 Å². The average molecular weight is 296 g/mol. The zero-order valence-corrected chi connectivity index (χ0v) is 11.7. The van der Waals surface area contributed by atoms with Gasteiger partial charge in [-0.15, -0.1) is 0 Å². The molecule has 22 heavy (non-hydrogen) atoms. The Labute approximate surface area is 126 Å². The van der Waals surface area contributed by atoms with E-state index in [-0.39, 0.29) is 11.5 Å². The highest BCUT2D eigenvalue weighted by molar-refractivity contribution is 6.20. The fourth-order valence-electron chi connectivity index (χ4n) is 2.26. The van der Waals surface area contributed by atoms with Crippen molar-refractivity contribution in [2.24, 2.45) is 0 Å². The third-order valence-electron chi connectivity index (χ3n) is 3.40. The molecule has 110 valence electrons. The molecule has 1 aliphatic heterocycles. The summed E-state index contributed by atoms with van der Waals surface area (Å²) in [5.41, 5.74) is 2.02. The van der Waals surface area contributed by atoms with E-state index >= 15 is 0 Å². The van der Waals surface area contributed by atoms with Gasteiger partial charge < -0.3 is 10.1 Å². The number of hydrogen-bond donors (Lipinski definition) is 1. The Balaban J connectivity index is 1.92. The molecule has 1 aliphatic rings. The van der Waals surface area contributed by atoms with Crippen LogP contribution >= 0.6 is 0 Å². The fraction of sp³-hybridized carbons (Fsp3) is 0.0625. The predicted molar refractivity (Wildman–Crippen MR) is 82.0 cm³/mol. The van der Waals surface area contributed by atoms with Crippen molar-refractivity contribution >= 4 is 23.2 Å². The Morgan fingerprint density at radius 1 is 1.18 bits per heavy atom. The van der Waals surface area contributed by atoms with Crippen LogP contribution in [0.5, 0.6) is 5.75 Å². The quantitative estimate of drug-likeness (QED) is 0.534. The van der Waals surface area contributed by atoms with Gasteiger partial charge in [0, 0.05) is 12.1 Å². The minimum atomic E-state index is -0.515. The SMILES string of the molecule is COc1ccc(/C=C2\Nc3ccc([N+](=O)[O-])cc3C2=O)cc1. The lowest BCUT2D eigenvalue weighted by molar-refractivity contribution is -0.384. The number of nitro benzene ring substituents is 1. The number of carbonyl (C=O) groups is 1. The summed E-state index contributed by atoms with van der Waals surface area (Å²) >= 11 is 0. The maximum Gasteiger partial charge on any atom is 0.270 e. The molecule has 0 radical (unpaired) electrons. The van der Waals surface area contributed by atoms with E-state index in [0.717, 1.165) is 11.3 Å². The number of fused-ring (bicyclic) bond motifs is 1. The van der Waals surface area contributed by atoms with E-state index in [1.807, 2.05) is 12.1 Å².